The second-order valence-electron chi connectivity index (χ2n) is 5.39. The van der Waals surface area contributed by atoms with Crippen LogP contribution in [-0.4, -0.2) is 32.1 Å². The molecule has 0 aromatic carbocycles. The van der Waals surface area contributed by atoms with Gasteiger partial charge in [0, 0.05) is 25.2 Å². The predicted octanol–water partition coefficient (Wildman–Crippen LogP) is 2.74. The molecule has 98 valence electrons. The van der Waals surface area contributed by atoms with Crippen molar-refractivity contribution < 1.29 is 4.42 Å². The molecule has 0 radical (unpaired) electrons. The smallest absolute Gasteiger partial charge is 0.0947 e. The van der Waals surface area contributed by atoms with Gasteiger partial charge in [-0.1, -0.05) is 20.3 Å². The Hall–Kier alpha value is -0.800. The highest BCUT2D eigenvalue weighted by atomic mass is 16.3. The van der Waals surface area contributed by atoms with E-state index >= 15 is 0 Å². The van der Waals surface area contributed by atoms with E-state index in [2.05, 4.69) is 31.1 Å². The molecule has 0 amide bonds. The molecule has 0 aliphatic carbocycles. The zero-order valence-electron chi connectivity index (χ0n) is 11.6. The van der Waals surface area contributed by atoms with Gasteiger partial charge in [-0.05, 0) is 32.0 Å². The Labute approximate surface area is 105 Å². The molecule has 0 aliphatic heterocycles. The summed E-state index contributed by atoms with van der Waals surface area (Å²) in [6.45, 7) is 7.74. The first kappa shape index (κ1) is 14.3. The fourth-order valence-corrected chi connectivity index (χ4v) is 2.66. The Kier molecular flexibility index (Phi) is 5.72. The van der Waals surface area contributed by atoms with Crippen LogP contribution in [0.5, 0.6) is 0 Å². The Bertz CT molecular complexity index is 289. The summed E-state index contributed by atoms with van der Waals surface area (Å²) in [6.07, 6.45) is 6.05. The summed E-state index contributed by atoms with van der Waals surface area (Å²) in [5.41, 5.74) is 1.60. The van der Waals surface area contributed by atoms with E-state index in [1.165, 1.54) is 18.4 Å². The molecule has 1 unspecified atom stereocenters. The minimum atomic E-state index is 0.349. The van der Waals surface area contributed by atoms with Crippen LogP contribution in [0.3, 0.4) is 0 Å². The molecular formula is C14H26N2O. The van der Waals surface area contributed by atoms with Gasteiger partial charge in [0.15, 0.2) is 0 Å². The number of nitrogens with one attached hydrogen (secondary N) is 1. The van der Waals surface area contributed by atoms with E-state index in [-0.39, 0.29) is 0 Å². The first-order valence-electron chi connectivity index (χ1n) is 6.44. The summed E-state index contributed by atoms with van der Waals surface area (Å²) in [5.74, 6) is 0. The van der Waals surface area contributed by atoms with E-state index in [1.54, 1.807) is 6.26 Å². The van der Waals surface area contributed by atoms with E-state index in [0.717, 1.165) is 19.6 Å². The van der Waals surface area contributed by atoms with E-state index < -0.39 is 0 Å². The lowest BCUT2D eigenvalue weighted by molar-refractivity contribution is 0.171. The highest BCUT2D eigenvalue weighted by Gasteiger charge is 2.24. The monoisotopic (exact) mass is 238 g/mol. The number of rotatable bonds is 8. The molecule has 0 aliphatic rings. The van der Waals surface area contributed by atoms with Gasteiger partial charge in [-0.15, -0.1) is 0 Å². The van der Waals surface area contributed by atoms with Gasteiger partial charge in [-0.25, -0.2) is 0 Å². The Morgan fingerprint density at radius 1 is 1.47 bits per heavy atom. The van der Waals surface area contributed by atoms with Crippen molar-refractivity contribution in [3.63, 3.8) is 0 Å². The lowest BCUT2D eigenvalue weighted by atomic mass is 9.85. The molecule has 1 aromatic rings. The van der Waals surface area contributed by atoms with Crippen molar-refractivity contribution >= 4 is 0 Å². The molecule has 0 saturated carbocycles. The van der Waals surface area contributed by atoms with Gasteiger partial charge in [0.25, 0.3) is 0 Å². The molecular weight excluding hydrogens is 212 g/mol. The second kappa shape index (κ2) is 6.82. The molecule has 0 bridgehead atoms. The molecule has 1 atom stereocenters. The molecule has 1 heterocycles. The number of hydrogen-bond acceptors (Lipinski definition) is 3. The Morgan fingerprint density at radius 3 is 2.76 bits per heavy atom. The Morgan fingerprint density at radius 2 is 2.24 bits per heavy atom. The first-order valence-corrected chi connectivity index (χ1v) is 6.44. The van der Waals surface area contributed by atoms with Crippen LogP contribution in [0.15, 0.2) is 23.0 Å². The maximum absolute atomic E-state index is 5.10. The minimum absolute atomic E-state index is 0.349. The average Bonchev–Trinajstić information content (AvgIpc) is 2.70. The summed E-state index contributed by atoms with van der Waals surface area (Å²) in [7, 11) is 4.21. The molecule has 3 nitrogen and oxygen atoms in total. The van der Waals surface area contributed by atoms with Crippen LogP contribution in [0.4, 0.5) is 0 Å². The third-order valence-electron chi connectivity index (χ3n) is 3.14. The van der Waals surface area contributed by atoms with Gasteiger partial charge >= 0.3 is 0 Å². The zero-order chi connectivity index (χ0) is 12.7. The predicted molar refractivity (Wildman–Crippen MR) is 72.0 cm³/mol. The van der Waals surface area contributed by atoms with Crippen molar-refractivity contribution in [2.75, 3.05) is 27.2 Å². The second-order valence-corrected chi connectivity index (χ2v) is 5.39. The van der Waals surface area contributed by atoms with Crippen LogP contribution in [0.2, 0.25) is 0 Å². The lowest BCUT2D eigenvalue weighted by Gasteiger charge is -2.33. The zero-order valence-corrected chi connectivity index (χ0v) is 11.6. The fraction of sp³-hybridized carbons (Fsp3) is 0.714. The van der Waals surface area contributed by atoms with Gasteiger partial charge in [0.05, 0.1) is 12.5 Å². The third kappa shape index (κ3) is 4.92. The van der Waals surface area contributed by atoms with Gasteiger partial charge in [-0.2, -0.15) is 0 Å². The molecule has 0 fully saturated rings. The van der Waals surface area contributed by atoms with Crippen LogP contribution < -0.4 is 5.32 Å². The molecule has 0 saturated heterocycles. The van der Waals surface area contributed by atoms with Crippen molar-refractivity contribution in [1.82, 2.24) is 10.2 Å². The number of nitrogens with zero attached hydrogens (tertiary/aromatic N) is 1. The quantitative estimate of drug-likeness (QED) is 0.755. The fourth-order valence-electron chi connectivity index (χ4n) is 2.66. The summed E-state index contributed by atoms with van der Waals surface area (Å²) < 4.78 is 5.10. The van der Waals surface area contributed by atoms with Crippen LogP contribution in [0.25, 0.3) is 0 Å². The van der Waals surface area contributed by atoms with E-state index in [9.17, 15) is 0 Å². The van der Waals surface area contributed by atoms with Gasteiger partial charge < -0.3 is 14.6 Å². The largest absolute Gasteiger partial charge is 0.472 e. The van der Waals surface area contributed by atoms with Crippen molar-refractivity contribution in [1.29, 1.82) is 0 Å². The van der Waals surface area contributed by atoms with Crippen molar-refractivity contribution in [2.45, 2.75) is 33.2 Å². The number of hydrogen-bond donors (Lipinski definition) is 1. The lowest BCUT2D eigenvalue weighted by Crippen LogP contribution is -2.39. The summed E-state index contributed by atoms with van der Waals surface area (Å²) >= 11 is 0. The molecule has 17 heavy (non-hydrogen) atoms. The minimum Gasteiger partial charge on any atom is -0.472 e. The van der Waals surface area contributed by atoms with E-state index in [0.29, 0.717) is 5.41 Å². The van der Waals surface area contributed by atoms with Gasteiger partial charge in [-0.3, -0.25) is 0 Å². The summed E-state index contributed by atoms with van der Waals surface area (Å²) in [5, 5.41) is 3.31. The highest BCUT2D eigenvalue weighted by molar-refractivity contribution is 5.04. The topological polar surface area (TPSA) is 28.4 Å². The van der Waals surface area contributed by atoms with Crippen LogP contribution in [0.1, 0.15) is 32.3 Å². The summed E-state index contributed by atoms with van der Waals surface area (Å²) in [4.78, 5) is 2.37. The third-order valence-corrected chi connectivity index (χ3v) is 3.14. The van der Waals surface area contributed by atoms with Gasteiger partial charge in [0.2, 0.25) is 0 Å². The van der Waals surface area contributed by atoms with Crippen LogP contribution >= 0.6 is 0 Å². The molecule has 1 rings (SSSR count). The van der Waals surface area contributed by atoms with Crippen LogP contribution in [0, 0.1) is 5.41 Å². The first-order chi connectivity index (χ1) is 8.09. The van der Waals surface area contributed by atoms with Crippen LogP contribution in [-0.2, 0) is 6.54 Å². The van der Waals surface area contributed by atoms with Crippen molar-refractivity contribution in [3.05, 3.63) is 24.2 Å². The number of furan rings is 1. The molecule has 0 spiro atoms. The highest BCUT2D eigenvalue weighted by Crippen LogP contribution is 2.24. The standard InChI is InChI=1S/C14H26N2O/c1-5-7-14(2,11-15-3)12-16(4)9-13-6-8-17-10-13/h6,8,10,15H,5,7,9,11-12H2,1-4H3. The molecule has 1 N–H and O–H groups in total. The van der Waals surface area contributed by atoms with Crippen molar-refractivity contribution in [3.8, 4) is 0 Å². The summed E-state index contributed by atoms with van der Waals surface area (Å²) in [6, 6.07) is 2.03. The van der Waals surface area contributed by atoms with Gasteiger partial charge in [0.1, 0.15) is 0 Å². The van der Waals surface area contributed by atoms with E-state index in [1.807, 2.05) is 19.4 Å². The maximum atomic E-state index is 5.10. The molecule has 1 aromatic heterocycles. The normalized spacial score (nSPS) is 15.1. The SMILES string of the molecule is CCCC(C)(CNC)CN(C)Cc1ccoc1. The maximum Gasteiger partial charge on any atom is 0.0947 e. The molecule has 3 heteroatoms. The average molecular weight is 238 g/mol. The van der Waals surface area contributed by atoms with E-state index in [4.69, 9.17) is 4.42 Å². The Balaban J connectivity index is 2.48. The van der Waals surface area contributed by atoms with Crippen molar-refractivity contribution in [2.24, 2.45) is 5.41 Å².